The zero-order chi connectivity index (χ0) is 6.97. The van der Waals surface area contributed by atoms with E-state index in [0.717, 1.165) is 17.8 Å². The third kappa shape index (κ3) is 0.620. The van der Waals surface area contributed by atoms with E-state index in [0.29, 0.717) is 0 Å². The van der Waals surface area contributed by atoms with Gasteiger partial charge in [-0.1, -0.05) is 12.1 Å². The molecule has 50 valence electrons. The van der Waals surface area contributed by atoms with Crippen LogP contribution in [-0.2, 0) is 6.42 Å². The molecule has 0 bridgehead atoms. The molecule has 1 aliphatic heterocycles. The molecule has 1 aromatic carbocycles. The Morgan fingerprint density at radius 3 is 3.10 bits per heavy atom. The second-order valence-corrected chi connectivity index (χ2v) is 2.37. The molecule has 0 spiro atoms. The van der Waals surface area contributed by atoms with Crippen LogP contribution in [0.2, 0.25) is 0 Å². The highest BCUT2D eigenvalue weighted by molar-refractivity contribution is 5.82. The first-order valence-electron chi connectivity index (χ1n) is 3.28. The number of aliphatic imine (C=N–C) groups is 1. The first kappa shape index (κ1) is 5.47. The van der Waals surface area contributed by atoms with E-state index in [-0.39, 0.29) is 0 Å². The Morgan fingerprint density at radius 1 is 1.40 bits per heavy atom. The summed E-state index contributed by atoms with van der Waals surface area (Å²) in [6, 6.07) is 5.89. The Morgan fingerprint density at radius 2 is 2.30 bits per heavy atom. The maximum absolute atomic E-state index is 5.66. The Labute approximate surface area is 59.4 Å². The van der Waals surface area contributed by atoms with Gasteiger partial charge < -0.3 is 5.73 Å². The zero-order valence-electron chi connectivity index (χ0n) is 5.54. The van der Waals surface area contributed by atoms with Crippen molar-refractivity contribution in [1.82, 2.24) is 0 Å². The normalized spacial score (nSPS) is 13.6. The summed E-state index contributed by atoms with van der Waals surface area (Å²) in [6.07, 6.45) is 2.82. The molecule has 1 aliphatic rings. The van der Waals surface area contributed by atoms with Crippen molar-refractivity contribution in [1.29, 1.82) is 0 Å². The number of rotatable bonds is 0. The van der Waals surface area contributed by atoms with E-state index in [4.69, 9.17) is 5.73 Å². The maximum atomic E-state index is 5.66. The number of nitrogens with zero attached hydrogens (tertiary/aromatic N) is 1. The second-order valence-electron chi connectivity index (χ2n) is 2.37. The molecule has 0 radical (unpaired) electrons. The Bertz CT molecular complexity index is 289. The largest absolute Gasteiger partial charge is 0.397 e. The summed E-state index contributed by atoms with van der Waals surface area (Å²) in [5, 5.41) is 0. The first-order valence-corrected chi connectivity index (χ1v) is 3.28. The Kier molecular flexibility index (Phi) is 1.01. The molecule has 0 aromatic heterocycles. The predicted octanol–water partition coefficient (Wildman–Crippen LogP) is 1.53. The van der Waals surface area contributed by atoms with Crippen molar-refractivity contribution >= 4 is 17.6 Å². The summed E-state index contributed by atoms with van der Waals surface area (Å²) in [6.45, 7) is 0. The second kappa shape index (κ2) is 1.84. The van der Waals surface area contributed by atoms with Crippen molar-refractivity contribution < 1.29 is 0 Å². The van der Waals surface area contributed by atoms with Gasteiger partial charge in [0.2, 0.25) is 0 Å². The lowest BCUT2D eigenvalue weighted by molar-refractivity contribution is 1.41. The minimum absolute atomic E-state index is 0.784. The lowest BCUT2D eigenvalue weighted by Crippen LogP contribution is -1.85. The molecule has 1 heterocycles. The topological polar surface area (TPSA) is 38.4 Å². The standard InChI is InChI=1S/C8H8N2/c9-7-3-1-2-6-4-5-10-8(6)7/h1-3,5H,4,9H2. The van der Waals surface area contributed by atoms with Crippen LogP contribution in [0.25, 0.3) is 0 Å². The van der Waals surface area contributed by atoms with Crippen molar-refractivity contribution in [3.8, 4) is 0 Å². The van der Waals surface area contributed by atoms with Gasteiger partial charge in [0.1, 0.15) is 0 Å². The molecule has 2 N–H and O–H groups in total. The molecule has 0 fully saturated rings. The molecule has 0 saturated heterocycles. The van der Waals surface area contributed by atoms with Gasteiger partial charge in [0, 0.05) is 12.6 Å². The first-order chi connectivity index (χ1) is 4.88. The molecule has 0 saturated carbocycles. The van der Waals surface area contributed by atoms with Crippen LogP contribution < -0.4 is 5.73 Å². The van der Waals surface area contributed by atoms with Crippen LogP contribution in [0.5, 0.6) is 0 Å². The minimum atomic E-state index is 0.784. The van der Waals surface area contributed by atoms with Gasteiger partial charge in [-0.15, -0.1) is 0 Å². The third-order valence-electron chi connectivity index (χ3n) is 1.68. The summed E-state index contributed by atoms with van der Waals surface area (Å²) in [7, 11) is 0. The van der Waals surface area contributed by atoms with Crippen molar-refractivity contribution in [2.24, 2.45) is 4.99 Å². The van der Waals surface area contributed by atoms with Gasteiger partial charge >= 0.3 is 0 Å². The van der Waals surface area contributed by atoms with Crippen molar-refractivity contribution in [3.63, 3.8) is 0 Å². The fourth-order valence-electron chi connectivity index (χ4n) is 1.17. The minimum Gasteiger partial charge on any atom is -0.397 e. The zero-order valence-corrected chi connectivity index (χ0v) is 5.54. The molecular weight excluding hydrogens is 124 g/mol. The molecule has 2 heteroatoms. The number of hydrogen-bond acceptors (Lipinski definition) is 2. The molecule has 10 heavy (non-hydrogen) atoms. The fraction of sp³-hybridized carbons (Fsp3) is 0.125. The SMILES string of the molecule is Nc1cccc2c1N=CC2. The number of anilines is 1. The highest BCUT2D eigenvalue weighted by atomic mass is 14.8. The van der Waals surface area contributed by atoms with Crippen LogP contribution in [0, 0.1) is 0 Å². The molecule has 0 amide bonds. The van der Waals surface area contributed by atoms with Gasteiger partial charge in [-0.3, -0.25) is 4.99 Å². The molecule has 1 aromatic rings. The van der Waals surface area contributed by atoms with Crippen LogP contribution in [0.4, 0.5) is 11.4 Å². The summed E-state index contributed by atoms with van der Waals surface area (Å²) in [5.74, 6) is 0. The van der Waals surface area contributed by atoms with E-state index in [1.165, 1.54) is 5.56 Å². The average molecular weight is 132 g/mol. The quantitative estimate of drug-likeness (QED) is 0.534. The van der Waals surface area contributed by atoms with E-state index in [1.807, 2.05) is 18.3 Å². The molecule has 0 aliphatic carbocycles. The van der Waals surface area contributed by atoms with E-state index >= 15 is 0 Å². The summed E-state index contributed by atoms with van der Waals surface area (Å²) < 4.78 is 0. The highest BCUT2D eigenvalue weighted by Gasteiger charge is 2.07. The average Bonchev–Trinajstić information content (AvgIpc) is 2.36. The van der Waals surface area contributed by atoms with Crippen LogP contribution in [0.15, 0.2) is 23.2 Å². The molecule has 0 atom stereocenters. The molecular formula is C8H8N2. The van der Waals surface area contributed by atoms with Crippen LogP contribution in [0.3, 0.4) is 0 Å². The van der Waals surface area contributed by atoms with E-state index in [9.17, 15) is 0 Å². The van der Waals surface area contributed by atoms with Gasteiger partial charge in [0.05, 0.1) is 11.4 Å². The summed E-state index contributed by atoms with van der Waals surface area (Å²) >= 11 is 0. The highest BCUT2D eigenvalue weighted by Crippen LogP contribution is 2.29. The van der Waals surface area contributed by atoms with Crippen molar-refractivity contribution in [3.05, 3.63) is 23.8 Å². The van der Waals surface area contributed by atoms with Gasteiger partial charge in [0.25, 0.3) is 0 Å². The number of para-hydroxylation sites is 1. The van der Waals surface area contributed by atoms with E-state index < -0.39 is 0 Å². The summed E-state index contributed by atoms with van der Waals surface area (Å²) in [4.78, 5) is 4.15. The lowest BCUT2D eigenvalue weighted by Gasteiger charge is -1.98. The smallest absolute Gasteiger partial charge is 0.0890 e. The van der Waals surface area contributed by atoms with Crippen LogP contribution >= 0.6 is 0 Å². The van der Waals surface area contributed by atoms with Crippen molar-refractivity contribution in [2.45, 2.75) is 6.42 Å². The van der Waals surface area contributed by atoms with E-state index in [2.05, 4.69) is 11.1 Å². The van der Waals surface area contributed by atoms with Gasteiger partial charge in [-0.25, -0.2) is 0 Å². The molecule has 2 rings (SSSR count). The maximum Gasteiger partial charge on any atom is 0.0890 e. The number of benzene rings is 1. The number of nitrogen functional groups attached to an aromatic ring is 1. The number of fused-ring (bicyclic) bond motifs is 1. The van der Waals surface area contributed by atoms with Gasteiger partial charge in [-0.2, -0.15) is 0 Å². The number of nitrogens with two attached hydrogens (primary N) is 1. The van der Waals surface area contributed by atoms with Gasteiger partial charge in [0.15, 0.2) is 0 Å². The lowest BCUT2D eigenvalue weighted by atomic mass is 10.1. The van der Waals surface area contributed by atoms with Gasteiger partial charge in [-0.05, 0) is 11.6 Å². The van der Waals surface area contributed by atoms with Crippen molar-refractivity contribution in [2.75, 3.05) is 5.73 Å². The predicted molar refractivity (Wildman–Crippen MR) is 42.7 cm³/mol. The Balaban J connectivity index is 2.67. The van der Waals surface area contributed by atoms with Crippen LogP contribution in [-0.4, -0.2) is 6.21 Å². The molecule has 0 unspecified atom stereocenters. The number of hydrogen-bond donors (Lipinski definition) is 1. The Hall–Kier alpha value is -1.31. The van der Waals surface area contributed by atoms with E-state index in [1.54, 1.807) is 0 Å². The third-order valence-corrected chi connectivity index (χ3v) is 1.68. The monoisotopic (exact) mass is 132 g/mol. The van der Waals surface area contributed by atoms with Crippen LogP contribution in [0.1, 0.15) is 5.56 Å². The fourth-order valence-corrected chi connectivity index (χ4v) is 1.17. The summed E-state index contributed by atoms with van der Waals surface area (Å²) in [5.41, 5.74) is 8.64. The molecule has 2 nitrogen and oxygen atoms in total.